The van der Waals surface area contributed by atoms with Gasteiger partial charge in [-0.1, -0.05) is 5.16 Å². The van der Waals surface area contributed by atoms with Crippen molar-refractivity contribution < 1.29 is 28.3 Å². The van der Waals surface area contributed by atoms with E-state index in [0.717, 1.165) is 0 Å². The summed E-state index contributed by atoms with van der Waals surface area (Å²) in [4.78, 5) is 11.4. The maximum absolute atomic E-state index is 11.4. The Morgan fingerprint density at radius 1 is 1.00 bits per heavy atom. The monoisotopic (exact) mass is 293 g/mol. The molecule has 1 heterocycles. The minimum absolute atomic E-state index is 0.0845. The molecule has 0 N–H and O–H groups in total. The molecule has 0 aliphatic heterocycles. The number of nitrogens with zero attached hydrogens (tertiary/aromatic N) is 1. The van der Waals surface area contributed by atoms with Gasteiger partial charge in [-0.05, 0) is 12.1 Å². The molecule has 0 saturated carbocycles. The topological polar surface area (TPSA) is 80.0 Å². The summed E-state index contributed by atoms with van der Waals surface area (Å²) in [6.45, 7) is 0. The maximum Gasteiger partial charge on any atom is 0.360 e. The maximum atomic E-state index is 11.4. The van der Waals surface area contributed by atoms with E-state index in [4.69, 9.17) is 18.7 Å². The number of hydrogen-bond donors (Lipinski definition) is 0. The lowest BCUT2D eigenvalue weighted by Crippen LogP contribution is -2.00. The first-order valence-corrected chi connectivity index (χ1v) is 6.00. The fourth-order valence-corrected chi connectivity index (χ4v) is 1.84. The first-order chi connectivity index (χ1) is 10.1. The highest BCUT2D eigenvalue weighted by Crippen LogP contribution is 2.41. The van der Waals surface area contributed by atoms with Gasteiger partial charge in [-0.2, -0.15) is 0 Å². The number of carbonyl (C=O) groups is 1. The van der Waals surface area contributed by atoms with Gasteiger partial charge in [0.25, 0.3) is 0 Å². The van der Waals surface area contributed by atoms with Gasteiger partial charge >= 0.3 is 5.97 Å². The molecule has 1 aromatic heterocycles. The zero-order chi connectivity index (χ0) is 15.4. The molecule has 21 heavy (non-hydrogen) atoms. The van der Waals surface area contributed by atoms with E-state index in [1.54, 1.807) is 12.1 Å². The first-order valence-electron chi connectivity index (χ1n) is 6.00. The highest BCUT2D eigenvalue weighted by Gasteiger charge is 2.18. The van der Waals surface area contributed by atoms with Crippen molar-refractivity contribution in [3.8, 4) is 28.6 Å². The molecule has 0 bridgehead atoms. The van der Waals surface area contributed by atoms with Gasteiger partial charge in [-0.15, -0.1) is 0 Å². The molecule has 2 aromatic rings. The van der Waals surface area contributed by atoms with E-state index in [9.17, 15) is 4.79 Å². The fraction of sp³-hybridized carbons (Fsp3) is 0.286. The third kappa shape index (κ3) is 2.76. The number of hydrogen-bond acceptors (Lipinski definition) is 7. The van der Waals surface area contributed by atoms with Crippen LogP contribution in [0.3, 0.4) is 0 Å². The summed E-state index contributed by atoms with van der Waals surface area (Å²) in [5.74, 6) is 1.23. The number of carbonyl (C=O) groups excluding carboxylic acids is 1. The van der Waals surface area contributed by atoms with Crippen LogP contribution in [-0.2, 0) is 4.74 Å². The van der Waals surface area contributed by atoms with Gasteiger partial charge < -0.3 is 23.5 Å². The zero-order valence-corrected chi connectivity index (χ0v) is 12.1. The standard InChI is InChI=1S/C14H15NO6/c1-17-11-5-8(6-12(18-2)13(11)19-3)10-7-9(15-21-10)14(16)20-4/h5-7H,1-4H3. The summed E-state index contributed by atoms with van der Waals surface area (Å²) in [6.07, 6.45) is 0. The molecule has 0 aliphatic rings. The molecule has 0 saturated heterocycles. The van der Waals surface area contributed by atoms with E-state index >= 15 is 0 Å². The summed E-state index contributed by atoms with van der Waals surface area (Å²) < 4.78 is 25.5. The summed E-state index contributed by atoms with van der Waals surface area (Å²) in [5, 5.41) is 3.65. The van der Waals surface area contributed by atoms with Crippen molar-refractivity contribution in [2.24, 2.45) is 0 Å². The molecule has 0 aliphatic carbocycles. The zero-order valence-electron chi connectivity index (χ0n) is 12.1. The van der Waals surface area contributed by atoms with Crippen molar-refractivity contribution in [2.45, 2.75) is 0 Å². The number of esters is 1. The molecule has 1 aromatic carbocycles. The summed E-state index contributed by atoms with van der Waals surface area (Å²) >= 11 is 0. The predicted octanol–water partition coefficient (Wildman–Crippen LogP) is 2.15. The predicted molar refractivity (Wildman–Crippen MR) is 72.9 cm³/mol. The van der Waals surface area contributed by atoms with Crippen LogP contribution in [0.5, 0.6) is 17.2 Å². The van der Waals surface area contributed by atoms with Crippen LogP contribution in [0.1, 0.15) is 10.5 Å². The van der Waals surface area contributed by atoms with E-state index in [1.807, 2.05) is 0 Å². The molecule has 0 amide bonds. The van der Waals surface area contributed by atoms with Gasteiger partial charge in [0.05, 0.1) is 28.4 Å². The molecule has 0 unspecified atom stereocenters. The van der Waals surface area contributed by atoms with E-state index in [2.05, 4.69) is 9.89 Å². The van der Waals surface area contributed by atoms with Crippen LogP contribution in [0.25, 0.3) is 11.3 Å². The Morgan fingerprint density at radius 3 is 2.10 bits per heavy atom. The van der Waals surface area contributed by atoms with Crippen molar-refractivity contribution >= 4 is 5.97 Å². The van der Waals surface area contributed by atoms with E-state index in [-0.39, 0.29) is 5.69 Å². The Hall–Kier alpha value is -2.70. The lowest BCUT2D eigenvalue weighted by Gasteiger charge is -2.12. The number of rotatable bonds is 5. The van der Waals surface area contributed by atoms with Crippen molar-refractivity contribution in [1.29, 1.82) is 0 Å². The average Bonchev–Trinajstić information content (AvgIpc) is 3.02. The number of ether oxygens (including phenoxy) is 4. The molecule has 0 fully saturated rings. The highest BCUT2D eigenvalue weighted by atomic mass is 16.5. The molecule has 2 rings (SSSR count). The highest BCUT2D eigenvalue weighted by molar-refractivity contribution is 5.88. The Morgan fingerprint density at radius 2 is 1.62 bits per heavy atom. The van der Waals surface area contributed by atoms with Crippen LogP contribution in [0.4, 0.5) is 0 Å². The smallest absolute Gasteiger partial charge is 0.360 e. The molecular formula is C14H15NO6. The molecule has 0 spiro atoms. The Balaban J connectivity index is 2.49. The first kappa shape index (κ1) is 14.7. The third-order valence-electron chi connectivity index (χ3n) is 2.85. The van der Waals surface area contributed by atoms with E-state index in [1.165, 1.54) is 34.5 Å². The second-order valence-corrected chi connectivity index (χ2v) is 3.98. The second-order valence-electron chi connectivity index (χ2n) is 3.98. The van der Waals surface area contributed by atoms with Crippen molar-refractivity contribution in [3.05, 3.63) is 23.9 Å². The lowest BCUT2D eigenvalue weighted by molar-refractivity contribution is 0.0589. The van der Waals surface area contributed by atoms with Crippen LogP contribution in [0.2, 0.25) is 0 Å². The van der Waals surface area contributed by atoms with Crippen LogP contribution >= 0.6 is 0 Å². The number of methoxy groups -OCH3 is 4. The Labute approximate surface area is 121 Å². The lowest BCUT2D eigenvalue weighted by atomic mass is 10.1. The van der Waals surface area contributed by atoms with E-state index < -0.39 is 5.97 Å². The molecule has 0 radical (unpaired) electrons. The number of aromatic nitrogens is 1. The minimum Gasteiger partial charge on any atom is -0.493 e. The van der Waals surface area contributed by atoms with Gasteiger partial charge in [-0.25, -0.2) is 4.79 Å². The molecule has 7 nitrogen and oxygen atoms in total. The largest absolute Gasteiger partial charge is 0.493 e. The SMILES string of the molecule is COC(=O)c1cc(-c2cc(OC)c(OC)c(OC)c2)on1. The minimum atomic E-state index is -0.572. The average molecular weight is 293 g/mol. The molecule has 112 valence electrons. The van der Waals surface area contributed by atoms with Crippen LogP contribution in [-0.4, -0.2) is 39.6 Å². The number of benzene rings is 1. The molecule has 0 atom stereocenters. The summed E-state index contributed by atoms with van der Waals surface area (Å²) in [6, 6.07) is 4.87. The van der Waals surface area contributed by atoms with Crippen molar-refractivity contribution in [3.63, 3.8) is 0 Å². The van der Waals surface area contributed by atoms with Crippen LogP contribution < -0.4 is 14.2 Å². The summed E-state index contributed by atoms with van der Waals surface area (Å²) in [5.41, 5.74) is 0.716. The molecule has 7 heteroatoms. The van der Waals surface area contributed by atoms with Gasteiger partial charge in [0.15, 0.2) is 23.0 Å². The van der Waals surface area contributed by atoms with E-state index in [0.29, 0.717) is 28.6 Å². The fourth-order valence-electron chi connectivity index (χ4n) is 1.84. The Kier molecular flexibility index (Phi) is 4.32. The van der Waals surface area contributed by atoms with Gasteiger partial charge in [0, 0.05) is 11.6 Å². The summed E-state index contributed by atoms with van der Waals surface area (Å²) in [7, 11) is 5.82. The van der Waals surface area contributed by atoms with Gasteiger partial charge in [-0.3, -0.25) is 0 Å². The van der Waals surface area contributed by atoms with Crippen molar-refractivity contribution in [2.75, 3.05) is 28.4 Å². The molecular weight excluding hydrogens is 278 g/mol. The third-order valence-corrected chi connectivity index (χ3v) is 2.85. The normalized spacial score (nSPS) is 10.1. The van der Waals surface area contributed by atoms with Crippen molar-refractivity contribution in [1.82, 2.24) is 5.16 Å². The van der Waals surface area contributed by atoms with Crippen LogP contribution in [0, 0.1) is 0 Å². The quantitative estimate of drug-likeness (QED) is 0.781. The van der Waals surface area contributed by atoms with Gasteiger partial charge in [0.1, 0.15) is 0 Å². The second kappa shape index (κ2) is 6.17. The van der Waals surface area contributed by atoms with Gasteiger partial charge in [0.2, 0.25) is 5.75 Å². The van der Waals surface area contributed by atoms with Crippen LogP contribution in [0.15, 0.2) is 22.7 Å². The Bertz CT molecular complexity index is 624.